The van der Waals surface area contributed by atoms with Crippen molar-refractivity contribution in [2.24, 2.45) is 10.9 Å². The molecule has 1 aliphatic heterocycles. The lowest BCUT2D eigenvalue weighted by atomic mass is 9.89. The van der Waals surface area contributed by atoms with E-state index in [0.29, 0.717) is 18.0 Å². The van der Waals surface area contributed by atoms with Crippen LogP contribution in [-0.2, 0) is 11.3 Å². The van der Waals surface area contributed by atoms with Gasteiger partial charge in [-0.2, -0.15) is 0 Å². The van der Waals surface area contributed by atoms with Crippen LogP contribution in [0.25, 0.3) is 0 Å². The molecule has 0 saturated carbocycles. The van der Waals surface area contributed by atoms with Gasteiger partial charge in [0, 0.05) is 38.2 Å². The number of guanidine groups is 1. The van der Waals surface area contributed by atoms with Crippen molar-refractivity contribution >= 4 is 11.9 Å². The number of aryl methyl sites for hydroxylation is 1. The van der Waals surface area contributed by atoms with Crippen molar-refractivity contribution in [3.05, 3.63) is 70.8 Å². The summed E-state index contributed by atoms with van der Waals surface area (Å²) in [6, 6.07) is 16.2. The fraction of sp³-hybridized carbons (Fsp3) is 0.440. The van der Waals surface area contributed by atoms with Gasteiger partial charge in [-0.05, 0) is 49.9 Å². The Balaban J connectivity index is 1.65. The van der Waals surface area contributed by atoms with E-state index >= 15 is 0 Å². The lowest BCUT2D eigenvalue weighted by Crippen LogP contribution is -2.42. The molecule has 1 aliphatic rings. The minimum Gasteiger partial charge on any atom is -0.373 e. The van der Waals surface area contributed by atoms with Crippen molar-refractivity contribution < 1.29 is 9.53 Å². The van der Waals surface area contributed by atoms with E-state index in [9.17, 15) is 4.79 Å². The van der Waals surface area contributed by atoms with Gasteiger partial charge in [-0.25, -0.2) is 4.99 Å². The maximum atomic E-state index is 11.9. The Kier molecular flexibility index (Phi) is 8.47. The van der Waals surface area contributed by atoms with Gasteiger partial charge >= 0.3 is 0 Å². The predicted molar refractivity (Wildman–Crippen MR) is 125 cm³/mol. The van der Waals surface area contributed by atoms with Crippen LogP contribution < -0.4 is 16.0 Å². The fourth-order valence-electron chi connectivity index (χ4n) is 3.87. The number of rotatable bonds is 7. The molecule has 0 aliphatic carbocycles. The molecule has 0 spiro atoms. The molecule has 2 aromatic rings. The van der Waals surface area contributed by atoms with Crippen LogP contribution in [0.5, 0.6) is 0 Å². The number of nitrogens with zero attached hydrogens (tertiary/aromatic N) is 1. The van der Waals surface area contributed by atoms with E-state index in [4.69, 9.17) is 9.73 Å². The summed E-state index contributed by atoms with van der Waals surface area (Å²) in [7, 11) is 1.64. The van der Waals surface area contributed by atoms with Crippen LogP contribution in [0, 0.1) is 12.8 Å². The van der Waals surface area contributed by atoms with Crippen LogP contribution in [0.15, 0.2) is 53.5 Å². The molecule has 1 fully saturated rings. The summed E-state index contributed by atoms with van der Waals surface area (Å²) >= 11 is 0. The van der Waals surface area contributed by atoms with Crippen LogP contribution in [0.3, 0.4) is 0 Å². The molecule has 6 nitrogen and oxygen atoms in total. The summed E-state index contributed by atoms with van der Waals surface area (Å²) in [5.74, 6) is 1.08. The van der Waals surface area contributed by atoms with Gasteiger partial charge in [0.1, 0.15) is 0 Å². The highest BCUT2D eigenvalue weighted by Gasteiger charge is 2.27. The lowest BCUT2D eigenvalue weighted by Gasteiger charge is -2.32. The second-order valence-electron chi connectivity index (χ2n) is 7.96. The summed E-state index contributed by atoms with van der Waals surface area (Å²) < 4.78 is 6.15. The number of benzene rings is 2. The first-order valence-corrected chi connectivity index (χ1v) is 11.1. The first-order valence-electron chi connectivity index (χ1n) is 11.1. The van der Waals surface area contributed by atoms with Gasteiger partial charge in [0.05, 0.1) is 12.6 Å². The molecule has 0 radical (unpaired) electrons. The average molecular weight is 423 g/mol. The molecule has 6 heteroatoms. The van der Waals surface area contributed by atoms with Gasteiger partial charge in [0.2, 0.25) is 0 Å². The van der Waals surface area contributed by atoms with Crippen LogP contribution in [0.1, 0.15) is 52.9 Å². The minimum atomic E-state index is -0.0877. The second-order valence-corrected chi connectivity index (χ2v) is 7.96. The Morgan fingerprint density at radius 3 is 2.71 bits per heavy atom. The van der Waals surface area contributed by atoms with Crippen molar-refractivity contribution in [2.75, 3.05) is 26.7 Å². The normalized spacial score (nSPS) is 19.0. The standard InChI is InChI=1S/C25H34N4O2/c1-4-27-25(28-16-19-7-5-8-21(15-19)24(30)26-3)29-17-22-9-6-14-31-23(22)20-12-10-18(2)11-13-20/h5,7-8,10-13,15,22-23H,4,6,9,14,16-17H2,1-3H3,(H,26,30)(H2,27,28,29). The maximum absolute atomic E-state index is 11.9. The molecule has 0 aromatic heterocycles. The number of aliphatic imine (C=N–C) groups is 1. The highest BCUT2D eigenvalue weighted by molar-refractivity contribution is 5.94. The zero-order chi connectivity index (χ0) is 22.1. The molecule has 1 amide bonds. The summed E-state index contributed by atoms with van der Waals surface area (Å²) in [5.41, 5.74) is 4.15. The Bertz CT molecular complexity index is 879. The zero-order valence-corrected chi connectivity index (χ0v) is 18.8. The molecule has 31 heavy (non-hydrogen) atoms. The van der Waals surface area contributed by atoms with E-state index in [0.717, 1.165) is 44.1 Å². The van der Waals surface area contributed by atoms with E-state index in [1.807, 2.05) is 24.3 Å². The van der Waals surface area contributed by atoms with Crippen molar-refractivity contribution in [1.29, 1.82) is 0 Å². The third kappa shape index (κ3) is 6.56. The third-order valence-electron chi connectivity index (χ3n) is 5.56. The smallest absolute Gasteiger partial charge is 0.251 e. The van der Waals surface area contributed by atoms with E-state index in [2.05, 4.69) is 54.1 Å². The van der Waals surface area contributed by atoms with Crippen LogP contribution in [0.4, 0.5) is 0 Å². The van der Waals surface area contributed by atoms with Gasteiger partial charge in [-0.15, -0.1) is 0 Å². The highest BCUT2D eigenvalue weighted by atomic mass is 16.5. The topological polar surface area (TPSA) is 74.8 Å². The number of hydrogen-bond acceptors (Lipinski definition) is 3. The lowest BCUT2D eigenvalue weighted by molar-refractivity contribution is -0.0265. The molecule has 1 saturated heterocycles. The van der Waals surface area contributed by atoms with Crippen molar-refractivity contribution in [3.63, 3.8) is 0 Å². The maximum Gasteiger partial charge on any atom is 0.251 e. The molecule has 0 bridgehead atoms. The Labute approximate surface area is 185 Å². The van der Waals surface area contributed by atoms with Crippen molar-refractivity contribution in [2.45, 2.75) is 39.3 Å². The van der Waals surface area contributed by atoms with Crippen LogP contribution in [0.2, 0.25) is 0 Å². The van der Waals surface area contributed by atoms with Crippen molar-refractivity contribution in [3.8, 4) is 0 Å². The fourth-order valence-corrected chi connectivity index (χ4v) is 3.87. The van der Waals surface area contributed by atoms with Gasteiger partial charge < -0.3 is 20.7 Å². The molecule has 1 heterocycles. The molecular weight excluding hydrogens is 388 g/mol. The first-order chi connectivity index (χ1) is 15.1. The summed E-state index contributed by atoms with van der Waals surface area (Å²) in [6.45, 7) is 7.05. The molecule has 2 atom stereocenters. The molecule has 2 aromatic carbocycles. The van der Waals surface area contributed by atoms with E-state index < -0.39 is 0 Å². The zero-order valence-electron chi connectivity index (χ0n) is 18.8. The minimum absolute atomic E-state index is 0.0877. The number of ether oxygens (including phenoxy) is 1. The largest absolute Gasteiger partial charge is 0.373 e. The van der Waals surface area contributed by atoms with Gasteiger partial charge in [0.15, 0.2) is 5.96 Å². The molecular formula is C25H34N4O2. The van der Waals surface area contributed by atoms with E-state index in [-0.39, 0.29) is 12.0 Å². The van der Waals surface area contributed by atoms with E-state index in [1.165, 1.54) is 11.1 Å². The number of carbonyl (C=O) groups is 1. The van der Waals surface area contributed by atoms with Crippen LogP contribution >= 0.6 is 0 Å². The Morgan fingerprint density at radius 1 is 1.16 bits per heavy atom. The monoisotopic (exact) mass is 422 g/mol. The second kappa shape index (κ2) is 11.5. The average Bonchev–Trinajstić information content (AvgIpc) is 2.81. The molecule has 2 unspecified atom stereocenters. The number of nitrogens with one attached hydrogen (secondary N) is 3. The predicted octanol–water partition coefficient (Wildman–Crippen LogP) is 3.58. The highest BCUT2D eigenvalue weighted by Crippen LogP contribution is 2.33. The summed E-state index contributed by atoms with van der Waals surface area (Å²) in [4.78, 5) is 16.6. The molecule has 3 N–H and O–H groups in total. The Morgan fingerprint density at radius 2 is 1.97 bits per heavy atom. The SMILES string of the molecule is CCNC(=NCc1cccc(C(=O)NC)c1)NCC1CCCOC1c1ccc(C)cc1. The Hall–Kier alpha value is -2.86. The third-order valence-corrected chi connectivity index (χ3v) is 5.56. The number of amides is 1. The van der Waals surface area contributed by atoms with Gasteiger partial charge in [-0.3, -0.25) is 4.79 Å². The molecule has 3 rings (SSSR count). The number of hydrogen-bond donors (Lipinski definition) is 3. The summed E-state index contributed by atoms with van der Waals surface area (Å²) in [5, 5.41) is 9.48. The van der Waals surface area contributed by atoms with Crippen LogP contribution in [-0.4, -0.2) is 38.6 Å². The number of carbonyl (C=O) groups excluding carboxylic acids is 1. The van der Waals surface area contributed by atoms with E-state index in [1.54, 1.807) is 7.05 Å². The molecule has 166 valence electrons. The quantitative estimate of drug-likeness (QED) is 0.471. The van der Waals surface area contributed by atoms with Gasteiger partial charge in [0.25, 0.3) is 5.91 Å². The first kappa shape index (κ1) is 22.8. The van der Waals surface area contributed by atoms with Crippen molar-refractivity contribution in [1.82, 2.24) is 16.0 Å². The summed E-state index contributed by atoms with van der Waals surface area (Å²) in [6.07, 6.45) is 2.31. The van der Waals surface area contributed by atoms with Gasteiger partial charge in [-0.1, -0.05) is 42.0 Å².